The summed E-state index contributed by atoms with van der Waals surface area (Å²) in [5.74, 6) is -0.308. The van der Waals surface area contributed by atoms with E-state index in [1.807, 2.05) is 6.92 Å². The molecule has 0 saturated heterocycles. The van der Waals surface area contributed by atoms with Gasteiger partial charge in [0.05, 0.1) is 29.5 Å². The summed E-state index contributed by atoms with van der Waals surface area (Å²) < 4.78 is 19.8. The minimum atomic E-state index is -0.470. The fourth-order valence-corrected chi connectivity index (χ4v) is 2.44. The van der Waals surface area contributed by atoms with E-state index in [0.717, 1.165) is 0 Å². The van der Waals surface area contributed by atoms with Crippen LogP contribution >= 0.6 is 0 Å². The Labute approximate surface area is 142 Å². The molecule has 0 unspecified atom stereocenters. The summed E-state index contributed by atoms with van der Waals surface area (Å²) in [5.41, 5.74) is 0.375. The van der Waals surface area contributed by atoms with Gasteiger partial charge in [-0.3, -0.25) is 14.2 Å². The number of ether oxygens (including phenoxy) is 1. The van der Waals surface area contributed by atoms with Gasteiger partial charge in [0.15, 0.2) is 0 Å². The van der Waals surface area contributed by atoms with Gasteiger partial charge in [0.1, 0.15) is 18.1 Å². The first kappa shape index (κ1) is 16.6. The summed E-state index contributed by atoms with van der Waals surface area (Å²) in [4.78, 5) is 28.7. The Hall–Kier alpha value is -3.22. The van der Waals surface area contributed by atoms with Gasteiger partial charge < -0.3 is 10.1 Å². The molecule has 0 fully saturated rings. The van der Waals surface area contributed by atoms with E-state index < -0.39 is 17.3 Å². The zero-order chi connectivity index (χ0) is 17.8. The molecule has 1 amide bonds. The van der Waals surface area contributed by atoms with Crippen LogP contribution < -0.4 is 15.6 Å². The number of carbonyl (C=O) groups excluding carboxylic acids is 1. The lowest BCUT2D eigenvalue weighted by Crippen LogP contribution is -2.28. The molecular weight excluding hydrogens is 325 g/mol. The number of benzene rings is 2. The normalized spacial score (nSPS) is 10.6. The molecule has 0 radical (unpaired) electrons. The molecule has 3 aromatic rings. The monoisotopic (exact) mass is 341 g/mol. The first-order valence-corrected chi connectivity index (χ1v) is 7.75. The minimum absolute atomic E-state index is 0.209. The number of anilines is 1. The number of aromatic nitrogens is 2. The van der Waals surface area contributed by atoms with Gasteiger partial charge >= 0.3 is 0 Å². The number of carbonyl (C=O) groups is 1. The number of halogens is 1. The van der Waals surface area contributed by atoms with Crippen molar-refractivity contribution in [1.29, 1.82) is 0 Å². The van der Waals surface area contributed by atoms with E-state index in [4.69, 9.17) is 4.74 Å². The number of rotatable bonds is 5. The fourth-order valence-electron chi connectivity index (χ4n) is 2.44. The molecule has 1 aromatic heterocycles. The van der Waals surface area contributed by atoms with Crippen molar-refractivity contribution in [3.05, 3.63) is 65.0 Å². The lowest BCUT2D eigenvalue weighted by Gasteiger charge is -2.12. The molecule has 0 spiro atoms. The minimum Gasteiger partial charge on any atom is -0.492 e. The van der Waals surface area contributed by atoms with Gasteiger partial charge in [-0.05, 0) is 31.2 Å². The highest BCUT2D eigenvalue weighted by Gasteiger charge is 2.11. The maximum absolute atomic E-state index is 13.2. The SMILES string of the molecule is CCOc1ccccc1NC(=O)Cn1cnc2cc(F)ccc2c1=O. The van der Waals surface area contributed by atoms with Gasteiger partial charge in [-0.1, -0.05) is 12.1 Å². The molecule has 1 heterocycles. The average molecular weight is 341 g/mol. The third-order valence-corrected chi connectivity index (χ3v) is 3.56. The van der Waals surface area contributed by atoms with Crippen LogP contribution in [0.25, 0.3) is 10.9 Å². The molecule has 7 heteroatoms. The molecule has 6 nitrogen and oxygen atoms in total. The van der Waals surface area contributed by atoms with Gasteiger partial charge in [0, 0.05) is 6.07 Å². The Morgan fingerprint density at radius 3 is 2.88 bits per heavy atom. The van der Waals surface area contributed by atoms with Crippen LogP contribution in [-0.2, 0) is 11.3 Å². The van der Waals surface area contributed by atoms with Crippen molar-refractivity contribution < 1.29 is 13.9 Å². The molecule has 3 rings (SSSR count). The number of nitrogens with zero attached hydrogens (tertiary/aromatic N) is 2. The molecule has 25 heavy (non-hydrogen) atoms. The lowest BCUT2D eigenvalue weighted by molar-refractivity contribution is -0.116. The fraction of sp³-hybridized carbons (Fsp3) is 0.167. The van der Waals surface area contributed by atoms with Gasteiger partial charge in [-0.2, -0.15) is 0 Å². The van der Waals surface area contributed by atoms with Crippen molar-refractivity contribution in [2.24, 2.45) is 0 Å². The predicted octanol–water partition coefficient (Wildman–Crippen LogP) is 2.57. The van der Waals surface area contributed by atoms with Crippen molar-refractivity contribution in [2.75, 3.05) is 11.9 Å². The van der Waals surface area contributed by atoms with Crippen molar-refractivity contribution in [3.63, 3.8) is 0 Å². The number of hydrogen-bond acceptors (Lipinski definition) is 4. The molecular formula is C18H16FN3O3. The predicted molar refractivity (Wildman–Crippen MR) is 92.2 cm³/mol. The highest BCUT2D eigenvalue weighted by molar-refractivity contribution is 5.92. The van der Waals surface area contributed by atoms with E-state index in [2.05, 4.69) is 10.3 Å². The van der Waals surface area contributed by atoms with Crippen LogP contribution in [0.15, 0.2) is 53.6 Å². The molecule has 0 aliphatic heterocycles. The van der Waals surface area contributed by atoms with E-state index in [1.165, 1.54) is 29.1 Å². The third kappa shape index (κ3) is 3.65. The van der Waals surface area contributed by atoms with Gasteiger partial charge in [-0.15, -0.1) is 0 Å². The first-order chi connectivity index (χ1) is 12.1. The van der Waals surface area contributed by atoms with Gasteiger partial charge in [0.2, 0.25) is 5.91 Å². The van der Waals surface area contributed by atoms with Crippen LogP contribution in [0.3, 0.4) is 0 Å². The number of amides is 1. The highest BCUT2D eigenvalue weighted by atomic mass is 19.1. The van der Waals surface area contributed by atoms with Crippen LogP contribution in [0.4, 0.5) is 10.1 Å². The molecule has 1 N–H and O–H groups in total. The summed E-state index contributed by atoms with van der Waals surface area (Å²) in [6, 6.07) is 10.8. The van der Waals surface area contributed by atoms with Gasteiger partial charge in [-0.25, -0.2) is 9.37 Å². The quantitative estimate of drug-likeness (QED) is 0.774. The summed E-state index contributed by atoms with van der Waals surface area (Å²) in [6.07, 6.45) is 1.23. The van der Waals surface area contributed by atoms with E-state index >= 15 is 0 Å². The molecule has 0 atom stereocenters. The summed E-state index contributed by atoms with van der Waals surface area (Å²) in [6.45, 7) is 2.11. The largest absolute Gasteiger partial charge is 0.492 e. The van der Waals surface area contributed by atoms with E-state index in [-0.39, 0.29) is 17.4 Å². The Morgan fingerprint density at radius 2 is 2.08 bits per heavy atom. The zero-order valence-corrected chi connectivity index (χ0v) is 13.5. The molecule has 0 aliphatic rings. The van der Waals surface area contributed by atoms with E-state index in [1.54, 1.807) is 24.3 Å². The summed E-state index contributed by atoms with van der Waals surface area (Å²) in [5, 5.41) is 2.97. The average Bonchev–Trinajstić information content (AvgIpc) is 2.59. The van der Waals surface area contributed by atoms with Crippen molar-refractivity contribution >= 4 is 22.5 Å². The Kier molecular flexibility index (Phi) is 4.74. The van der Waals surface area contributed by atoms with Crippen molar-refractivity contribution in [2.45, 2.75) is 13.5 Å². The highest BCUT2D eigenvalue weighted by Crippen LogP contribution is 2.23. The van der Waals surface area contributed by atoms with Crippen molar-refractivity contribution in [1.82, 2.24) is 9.55 Å². The third-order valence-electron chi connectivity index (χ3n) is 3.56. The van der Waals surface area contributed by atoms with Crippen LogP contribution in [0, 0.1) is 5.82 Å². The second-order valence-electron chi connectivity index (χ2n) is 5.32. The van der Waals surface area contributed by atoms with Crippen LogP contribution in [0.2, 0.25) is 0 Å². The number of hydrogen-bond donors (Lipinski definition) is 1. The maximum Gasteiger partial charge on any atom is 0.261 e. The lowest BCUT2D eigenvalue weighted by atomic mass is 10.2. The van der Waals surface area contributed by atoms with Crippen molar-refractivity contribution in [3.8, 4) is 5.75 Å². The molecule has 128 valence electrons. The number of nitrogens with one attached hydrogen (secondary N) is 1. The zero-order valence-electron chi connectivity index (χ0n) is 13.5. The second-order valence-corrected chi connectivity index (χ2v) is 5.32. The van der Waals surface area contributed by atoms with E-state index in [9.17, 15) is 14.0 Å². The Bertz CT molecular complexity index is 985. The topological polar surface area (TPSA) is 73.2 Å². The standard InChI is InChI=1S/C18H16FN3O3/c1-2-25-16-6-4-3-5-14(16)21-17(23)10-22-11-20-15-9-12(19)7-8-13(15)18(22)24/h3-9,11H,2,10H2,1H3,(H,21,23). The molecule has 0 aliphatic carbocycles. The van der Waals surface area contributed by atoms with Gasteiger partial charge in [0.25, 0.3) is 5.56 Å². The summed E-state index contributed by atoms with van der Waals surface area (Å²) >= 11 is 0. The van der Waals surface area contributed by atoms with Crippen LogP contribution in [0.1, 0.15) is 6.92 Å². The van der Waals surface area contributed by atoms with E-state index in [0.29, 0.717) is 18.0 Å². The second kappa shape index (κ2) is 7.12. The summed E-state index contributed by atoms with van der Waals surface area (Å²) in [7, 11) is 0. The smallest absolute Gasteiger partial charge is 0.261 e. The van der Waals surface area contributed by atoms with Crippen LogP contribution in [-0.4, -0.2) is 22.1 Å². The molecule has 2 aromatic carbocycles. The molecule has 0 bridgehead atoms. The number of fused-ring (bicyclic) bond motifs is 1. The molecule has 0 saturated carbocycles. The Morgan fingerprint density at radius 1 is 1.28 bits per heavy atom. The maximum atomic E-state index is 13.2. The van der Waals surface area contributed by atoms with Crippen LogP contribution in [0.5, 0.6) is 5.75 Å². The Balaban J connectivity index is 1.82. The first-order valence-electron chi connectivity index (χ1n) is 7.75. The number of para-hydroxylation sites is 2.